The van der Waals surface area contributed by atoms with Crippen molar-refractivity contribution in [3.63, 3.8) is 0 Å². The van der Waals surface area contributed by atoms with Crippen LogP contribution in [0, 0.1) is 5.41 Å². The molecule has 1 saturated heterocycles. The summed E-state index contributed by atoms with van der Waals surface area (Å²) in [5.74, 6) is 2.44. The van der Waals surface area contributed by atoms with Gasteiger partial charge in [0.15, 0.2) is 0 Å². The molecule has 0 aromatic heterocycles. The number of nitrogens with one attached hydrogen (secondary N) is 1. The first-order valence-electron chi connectivity index (χ1n) is 4.30. The van der Waals surface area contributed by atoms with E-state index in [2.05, 4.69) is 11.9 Å². The Morgan fingerprint density at radius 2 is 2.45 bits per heavy atom. The van der Waals surface area contributed by atoms with E-state index in [4.69, 9.17) is 0 Å². The summed E-state index contributed by atoms with van der Waals surface area (Å²) in [5.41, 5.74) is 1.99. The van der Waals surface area contributed by atoms with Crippen LogP contribution in [-0.2, 0) is 0 Å². The molecule has 1 nitrogen and oxygen atoms in total. The van der Waals surface area contributed by atoms with E-state index in [0.29, 0.717) is 5.41 Å². The van der Waals surface area contributed by atoms with E-state index in [1.165, 1.54) is 37.1 Å². The molecule has 1 N–H and O–H groups in total. The van der Waals surface area contributed by atoms with E-state index >= 15 is 0 Å². The molecule has 0 aromatic rings. The maximum absolute atomic E-state index is 4.18. The first-order valence-corrected chi connectivity index (χ1v) is 5.46. The molecule has 1 spiro atoms. The Morgan fingerprint density at radius 3 is 3.00 bits per heavy atom. The number of hydrogen-bond donors (Lipinski definition) is 1. The summed E-state index contributed by atoms with van der Waals surface area (Å²) in [7, 11) is 0. The predicted molar refractivity (Wildman–Crippen MR) is 50.8 cm³/mol. The quantitative estimate of drug-likeness (QED) is 0.557. The molecule has 1 unspecified atom stereocenters. The first kappa shape index (κ1) is 7.69. The third-order valence-electron chi connectivity index (χ3n) is 2.93. The molecule has 0 aromatic carbocycles. The van der Waals surface area contributed by atoms with Gasteiger partial charge in [0, 0.05) is 23.6 Å². The number of hydrogen-bond acceptors (Lipinski definition) is 2. The van der Waals surface area contributed by atoms with E-state index in [-0.39, 0.29) is 0 Å². The van der Waals surface area contributed by atoms with Crippen LogP contribution in [0.4, 0.5) is 0 Å². The Balaban J connectivity index is 2.12. The van der Waals surface area contributed by atoms with E-state index in [1.54, 1.807) is 0 Å². The Labute approximate surface area is 72.6 Å². The minimum Gasteiger partial charge on any atom is -0.307 e. The average Bonchev–Trinajstić information content (AvgIpc) is 2.36. The van der Waals surface area contributed by atoms with Crippen molar-refractivity contribution in [2.75, 3.05) is 18.2 Å². The van der Waals surface area contributed by atoms with Crippen molar-refractivity contribution in [2.45, 2.75) is 19.3 Å². The molecule has 1 aliphatic carbocycles. The first-order chi connectivity index (χ1) is 5.33. The topological polar surface area (TPSA) is 12.0 Å². The molecular weight excluding hydrogens is 154 g/mol. The lowest BCUT2D eigenvalue weighted by atomic mass is 9.85. The summed E-state index contributed by atoms with van der Waals surface area (Å²) in [6.45, 7) is 5.36. The Kier molecular flexibility index (Phi) is 1.98. The highest BCUT2D eigenvalue weighted by molar-refractivity contribution is 7.99. The molecule has 2 fully saturated rings. The van der Waals surface area contributed by atoms with E-state index in [1.807, 2.05) is 11.8 Å². The molecular formula is C9H15NS. The Morgan fingerprint density at radius 1 is 1.55 bits per heavy atom. The molecule has 1 saturated carbocycles. The van der Waals surface area contributed by atoms with Gasteiger partial charge in [0.05, 0.1) is 0 Å². The summed E-state index contributed by atoms with van der Waals surface area (Å²) in [6.07, 6.45) is 4.00. The fraction of sp³-hybridized carbons (Fsp3) is 0.778. The van der Waals surface area contributed by atoms with Crippen molar-refractivity contribution < 1.29 is 0 Å². The van der Waals surface area contributed by atoms with Gasteiger partial charge in [-0.25, -0.2) is 0 Å². The second kappa shape index (κ2) is 2.83. The lowest BCUT2D eigenvalue weighted by Crippen LogP contribution is -2.39. The van der Waals surface area contributed by atoms with Crippen molar-refractivity contribution >= 4 is 11.8 Å². The van der Waals surface area contributed by atoms with E-state index < -0.39 is 0 Å². The molecule has 2 aliphatic rings. The van der Waals surface area contributed by atoms with Gasteiger partial charge in [-0.2, -0.15) is 0 Å². The standard InChI is InChI=1S/C9H15NS/c1-8-3-2-4-9(8)5-10-7-11-6-9/h10H,1-7H2. The van der Waals surface area contributed by atoms with Crippen molar-refractivity contribution in [1.29, 1.82) is 0 Å². The van der Waals surface area contributed by atoms with Gasteiger partial charge >= 0.3 is 0 Å². The highest BCUT2D eigenvalue weighted by atomic mass is 32.2. The highest BCUT2D eigenvalue weighted by Crippen LogP contribution is 2.45. The number of rotatable bonds is 0. The molecule has 11 heavy (non-hydrogen) atoms. The second-order valence-electron chi connectivity index (χ2n) is 3.66. The minimum absolute atomic E-state index is 0.489. The third-order valence-corrected chi connectivity index (χ3v) is 4.09. The van der Waals surface area contributed by atoms with Crippen LogP contribution in [0.25, 0.3) is 0 Å². The molecule has 2 rings (SSSR count). The molecule has 0 amide bonds. The molecule has 0 radical (unpaired) electrons. The van der Waals surface area contributed by atoms with Crippen LogP contribution >= 0.6 is 11.8 Å². The van der Waals surface area contributed by atoms with Gasteiger partial charge in [0.25, 0.3) is 0 Å². The molecule has 1 heterocycles. The number of thioether (sulfide) groups is 1. The summed E-state index contributed by atoms with van der Waals surface area (Å²) in [4.78, 5) is 0. The maximum Gasteiger partial charge on any atom is 0.0418 e. The molecule has 2 heteroatoms. The van der Waals surface area contributed by atoms with Gasteiger partial charge in [-0.1, -0.05) is 12.2 Å². The lowest BCUT2D eigenvalue weighted by Gasteiger charge is -2.34. The van der Waals surface area contributed by atoms with E-state index in [0.717, 1.165) is 5.88 Å². The lowest BCUT2D eigenvalue weighted by molar-refractivity contribution is 0.389. The summed E-state index contributed by atoms with van der Waals surface area (Å²) < 4.78 is 0. The monoisotopic (exact) mass is 169 g/mol. The average molecular weight is 169 g/mol. The normalized spacial score (nSPS) is 38.4. The Bertz CT molecular complexity index is 170. The van der Waals surface area contributed by atoms with Gasteiger partial charge in [-0.05, 0) is 19.3 Å². The Hall–Kier alpha value is 0.0500. The fourth-order valence-electron chi connectivity index (χ4n) is 2.13. The van der Waals surface area contributed by atoms with Crippen LogP contribution in [0.3, 0.4) is 0 Å². The van der Waals surface area contributed by atoms with Crippen LogP contribution in [-0.4, -0.2) is 18.2 Å². The summed E-state index contributed by atoms with van der Waals surface area (Å²) in [5, 5.41) is 3.45. The third kappa shape index (κ3) is 1.23. The van der Waals surface area contributed by atoms with Crippen molar-refractivity contribution in [1.82, 2.24) is 5.32 Å². The minimum atomic E-state index is 0.489. The van der Waals surface area contributed by atoms with Gasteiger partial charge < -0.3 is 5.32 Å². The zero-order chi connectivity index (χ0) is 7.73. The van der Waals surface area contributed by atoms with Crippen molar-refractivity contribution in [3.8, 4) is 0 Å². The zero-order valence-electron chi connectivity index (χ0n) is 6.86. The summed E-state index contributed by atoms with van der Waals surface area (Å²) in [6, 6.07) is 0. The van der Waals surface area contributed by atoms with Crippen LogP contribution in [0.2, 0.25) is 0 Å². The second-order valence-corrected chi connectivity index (χ2v) is 4.64. The smallest absolute Gasteiger partial charge is 0.0418 e. The van der Waals surface area contributed by atoms with Crippen LogP contribution in [0.15, 0.2) is 12.2 Å². The van der Waals surface area contributed by atoms with Crippen molar-refractivity contribution in [2.24, 2.45) is 5.41 Å². The van der Waals surface area contributed by atoms with Gasteiger partial charge in [-0.3, -0.25) is 0 Å². The van der Waals surface area contributed by atoms with Gasteiger partial charge in [0.2, 0.25) is 0 Å². The van der Waals surface area contributed by atoms with Crippen LogP contribution < -0.4 is 5.32 Å². The van der Waals surface area contributed by atoms with E-state index in [9.17, 15) is 0 Å². The van der Waals surface area contributed by atoms with Gasteiger partial charge in [-0.15, -0.1) is 11.8 Å². The largest absolute Gasteiger partial charge is 0.307 e. The molecule has 62 valence electrons. The van der Waals surface area contributed by atoms with Gasteiger partial charge in [0.1, 0.15) is 0 Å². The fourth-order valence-corrected chi connectivity index (χ4v) is 3.32. The zero-order valence-corrected chi connectivity index (χ0v) is 7.67. The predicted octanol–water partition coefficient (Wildman–Crippen LogP) is 2.01. The maximum atomic E-state index is 4.18. The van der Waals surface area contributed by atoms with Crippen molar-refractivity contribution in [3.05, 3.63) is 12.2 Å². The molecule has 1 aliphatic heterocycles. The molecule has 0 bridgehead atoms. The van der Waals surface area contributed by atoms with Crippen LogP contribution in [0.5, 0.6) is 0 Å². The summed E-state index contributed by atoms with van der Waals surface area (Å²) >= 11 is 2.02. The SMILES string of the molecule is C=C1CCCC12CNCSC2. The van der Waals surface area contributed by atoms with Crippen LogP contribution in [0.1, 0.15) is 19.3 Å². The molecule has 1 atom stereocenters. The highest BCUT2D eigenvalue weighted by Gasteiger charge is 2.38.